The molecular formula is C36H46Cl2Zr. The molecule has 1 atom stereocenters. The Hall–Kier alpha value is -1.53. The predicted octanol–water partition coefficient (Wildman–Crippen LogP) is 9.35. The molecule has 208 valence electrons. The summed E-state index contributed by atoms with van der Waals surface area (Å²) < 4.78 is 12.9. The van der Waals surface area contributed by atoms with Crippen LogP contribution in [0.2, 0.25) is 4.63 Å². The molecule has 3 aromatic carbocycles. The van der Waals surface area contributed by atoms with Gasteiger partial charge in [0.2, 0.25) is 0 Å². The van der Waals surface area contributed by atoms with Crippen molar-refractivity contribution in [2.45, 2.75) is 72.9 Å². The van der Waals surface area contributed by atoms with E-state index in [1.165, 1.54) is 47.8 Å². The Morgan fingerprint density at radius 3 is 2.05 bits per heavy atom. The molecule has 3 aromatic rings. The molecule has 39 heavy (non-hydrogen) atoms. The Labute approximate surface area is 250 Å². The molecule has 0 fully saturated rings. The first-order chi connectivity index (χ1) is 17.3. The topological polar surface area (TPSA) is 0 Å². The van der Waals surface area contributed by atoms with E-state index < -0.39 is 18.3 Å². The van der Waals surface area contributed by atoms with E-state index in [4.69, 9.17) is 4.21 Å². The molecule has 0 nitrogen and oxygen atoms in total. The summed E-state index contributed by atoms with van der Waals surface area (Å²) in [5, 5.41) is 0. The molecular weight excluding hydrogens is 595 g/mol. The number of fused-ring (bicyclic) bond motifs is 3. The van der Waals surface area contributed by atoms with E-state index >= 15 is 0 Å². The minimum atomic E-state index is -4.29. The van der Waals surface area contributed by atoms with E-state index in [9.17, 15) is 0 Å². The van der Waals surface area contributed by atoms with Crippen molar-refractivity contribution in [3.05, 3.63) is 103 Å². The molecule has 0 aromatic heterocycles. The Bertz CT molecular complexity index is 1560. The average molecular weight is 641 g/mol. The molecule has 0 saturated carbocycles. The van der Waals surface area contributed by atoms with Crippen LogP contribution in [0.4, 0.5) is 0 Å². The second kappa shape index (κ2) is 10.7. The van der Waals surface area contributed by atoms with Crippen molar-refractivity contribution >= 4 is 35.6 Å². The monoisotopic (exact) mass is 638 g/mol. The van der Waals surface area contributed by atoms with Gasteiger partial charge in [0.25, 0.3) is 0 Å². The van der Waals surface area contributed by atoms with Gasteiger partial charge in [0.1, 0.15) is 0 Å². The summed E-state index contributed by atoms with van der Waals surface area (Å²) in [7, 11) is 0. The van der Waals surface area contributed by atoms with Crippen molar-refractivity contribution in [1.29, 1.82) is 0 Å². The number of allylic oxidation sites excluding steroid dienone is 4. The Morgan fingerprint density at radius 1 is 0.872 bits per heavy atom. The molecule has 0 saturated heterocycles. The van der Waals surface area contributed by atoms with E-state index in [-0.39, 0.29) is 30.2 Å². The summed E-state index contributed by atoms with van der Waals surface area (Å²) in [6.07, 6.45) is 7.32. The van der Waals surface area contributed by atoms with Gasteiger partial charge in [0.05, 0.1) is 0 Å². The molecule has 0 heterocycles. The maximum absolute atomic E-state index is 5.52. The zero-order chi connectivity index (χ0) is 26.9. The minimum absolute atomic E-state index is 0. The van der Waals surface area contributed by atoms with Crippen molar-refractivity contribution in [2.24, 2.45) is 11.3 Å². The number of hydrogen-bond acceptors (Lipinski definition) is 0. The molecule has 0 N–H and O–H groups in total. The third-order valence-electron chi connectivity index (χ3n) is 9.74. The summed E-state index contributed by atoms with van der Waals surface area (Å²) in [5.41, 5.74) is 13.2. The number of hydrogen-bond donors (Lipinski definition) is 0. The van der Waals surface area contributed by atoms with Crippen LogP contribution in [0.15, 0.2) is 69.5 Å². The van der Waals surface area contributed by atoms with Crippen LogP contribution >= 0.6 is 24.8 Å². The van der Waals surface area contributed by atoms with E-state index in [0.717, 1.165) is 12.8 Å². The van der Waals surface area contributed by atoms with Gasteiger partial charge in [-0.2, -0.15) is 0 Å². The first-order valence-corrected chi connectivity index (χ1v) is 21.9. The SMILES string of the molecule is Cl.Cl.[CH2]=[Zr]([CH3])([C]1=CC(C(C)(C)C)=CC1CC)([c]1ccccc1)[c]1c(C)c(C)cc2c1Cc1cc(C)c(C)cc1-2. The van der Waals surface area contributed by atoms with Crippen LogP contribution in [0.3, 0.4) is 0 Å². The van der Waals surface area contributed by atoms with Gasteiger partial charge in [-0.05, 0) is 0 Å². The fourth-order valence-electron chi connectivity index (χ4n) is 7.25. The van der Waals surface area contributed by atoms with Gasteiger partial charge >= 0.3 is 227 Å². The Balaban J connectivity index is 0.00000210. The first kappa shape index (κ1) is 32.0. The van der Waals surface area contributed by atoms with Gasteiger partial charge in [-0.25, -0.2) is 0 Å². The van der Waals surface area contributed by atoms with Crippen LogP contribution in [0.1, 0.15) is 67.5 Å². The summed E-state index contributed by atoms with van der Waals surface area (Å²) >= 11 is -4.29. The maximum atomic E-state index is 5.52. The summed E-state index contributed by atoms with van der Waals surface area (Å²) in [5.74, 6) is 0.450. The van der Waals surface area contributed by atoms with Crippen LogP contribution in [0.25, 0.3) is 11.1 Å². The number of rotatable bonds is 4. The van der Waals surface area contributed by atoms with Crippen LogP contribution in [-0.4, -0.2) is 4.21 Å². The van der Waals surface area contributed by atoms with Gasteiger partial charge in [-0.15, -0.1) is 24.8 Å². The normalized spacial score (nSPS) is 16.5. The van der Waals surface area contributed by atoms with E-state index in [0.29, 0.717) is 5.92 Å². The van der Waals surface area contributed by atoms with E-state index in [1.54, 1.807) is 12.1 Å². The molecule has 5 rings (SSSR count). The van der Waals surface area contributed by atoms with Crippen molar-refractivity contribution < 1.29 is 18.3 Å². The van der Waals surface area contributed by atoms with Gasteiger partial charge in [0, 0.05) is 0 Å². The van der Waals surface area contributed by atoms with Crippen molar-refractivity contribution in [3.63, 3.8) is 0 Å². The van der Waals surface area contributed by atoms with Crippen molar-refractivity contribution in [1.82, 2.24) is 0 Å². The van der Waals surface area contributed by atoms with Gasteiger partial charge in [-0.1, -0.05) is 0 Å². The Kier molecular flexibility index (Phi) is 8.78. The molecule has 0 radical (unpaired) electrons. The quantitative estimate of drug-likeness (QED) is 0.209. The first-order valence-electron chi connectivity index (χ1n) is 14.1. The average Bonchev–Trinajstić information content (AvgIpc) is 3.43. The van der Waals surface area contributed by atoms with Crippen LogP contribution in [0.5, 0.6) is 0 Å². The molecule has 1 unspecified atom stereocenters. The molecule has 0 aliphatic heterocycles. The van der Waals surface area contributed by atoms with Crippen LogP contribution in [-0.2, 0) is 24.7 Å². The fraction of sp³-hybridized carbons (Fsp3) is 0.361. The zero-order valence-electron chi connectivity index (χ0n) is 25.3. The molecule has 3 heteroatoms. The second-order valence-electron chi connectivity index (χ2n) is 13.4. The van der Waals surface area contributed by atoms with E-state index in [2.05, 4.69) is 121 Å². The number of aryl methyl sites for hydroxylation is 3. The van der Waals surface area contributed by atoms with Crippen molar-refractivity contribution in [2.75, 3.05) is 0 Å². The molecule has 2 aliphatic rings. The third kappa shape index (κ3) is 4.86. The fourth-order valence-corrected chi connectivity index (χ4v) is 22.2. The molecule has 0 amide bonds. The van der Waals surface area contributed by atoms with Crippen LogP contribution in [0, 0.1) is 39.0 Å². The summed E-state index contributed by atoms with van der Waals surface area (Å²) in [6.45, 7) is 18.6. The zero-order valence-corrected chi connectivity index (χ0v) is 29.4. The predicted molar refractivity (Wildman–Crippen MR) is 176 cm³/mol. The summed E-state index contributed by atoms with van der Waals surface area (Å²) in [6, 6.07) is 18.8. The number of halogens is 2. The molecule has 2 aliphatic carbocycles. The van der Waals surface area contributed by atoms with Gasteiger partial charge < -0.3 is 0 Å². The molecule has 0 spiro atoms. The van der Waals surface area contributed by atoms with Crippen LogP contribution < -0.4 is 6.54 Å². The van der Waals surface area contributed by atoms with Gasteiger partial charge in [0.15, 0.2) is 0 Å². The van der Waals surface area contributed by atoms with Gasteiger partial charge in [-0.3, -0.25) is 0 Å². The Morgan fingerprint density at radius 2 is 1.46 bits per heavy atom. The van der Waals surface area contributed by atoms with Crippen molar-refractivity contribution in [3.8, 4) is 11.1 Å². The summed E-state index contributed by atoms with van der Waals surface area (Å²) in [4.78, 5) is 0. The van der Waals surface area contributed by atoms with E-state index in [1.807, 2.05) is 0 Å². The number of benzene rings is 3. The second-order valence-corrected chi connectivity index (χ2v) is 27.3. The molecule has 0 bridgehead atoms. The standard InChI is InChI=1S/C17H17.C11H17.C6H5.CH3.CH2.2ClH.Zr/c1-10-5-14-9-15-6-11(2)13(4)8-17(15)16(14)7-12(10)3;1-5-9-6-7-10(8-9)11(2,3)4;1-2-4-6-5-3-1;;;;;/h5,7-8H,9H2,1-4H3;7-9H,5H2,1-4H3;1-5H;1H3;1H2;2*1H;. The third-order valence-corrected chi connectivity index (χ3v) is 24.5.